The predicted octanol–water partition coefficient (Wildman–Crippen LogP) is 1.77. The molecule has 0 spiro atoms. The van der Waals surface area contributed by atoms with E-state index in [-0.39, 0.29) is 24.2 Å². The fourth-order valence-electron chi connectivity index (χ4n) is 2.03. The normalized spacial score (nSPS) is 19.8. The molecule has 1 aliphatic rings. The van der Waals surface area contributed by atoms with Crippen LogP contribution in [0.1, 0.15) is 25.3 Å². The predicted molar refractivity (Wildman–Crippen MR) is 77.9 cm³/mol. The second-order valence-electron chi connectivity index (χ2n) is 5.13. The Bertz CT molecular complexity index is 560. The van der Waals surface area contributed by atoms with Crippen LogP contribution in [-0.4, -0.2) is 18.4 Å². The summed E-state index contributed by atoms with van der Waals surface area (Å²) in [5.74, 6) is 3.06. The lowest BCUT2D eigenvalue weighted by Crippen LogP contribution is -2.29. The lowest BCUT2D eigenvalue weighted by Gasteiger charge is -2.07. The summed E-state index contributed by atoms with van der Waals surface area (Å²) >= 11 is 0. The molecule has 4 nitrogen and oxygen atoms in total. The second kappa shape index (κ2) is 6.25. The van der Waals surface area contributed by atoms with Crippen LogP contribution in [0.5, 0.6) is 0 Å². The van der Waals surface area contributed by atoms with Crippen LogP contribution in [0.3, 0.4) is 0 Å². The van der Waals surface area contributed by atoms with Gasteiger partial charge in [-0.25, -0.2) is 0 Å². The molecule has 1 saturated carbocycles. The molecule has 0 bridgehead atoms. The summed E-state index contributed by atoms with van der Waals surface area (Å²) in [6.45, 7) is 2.41. The Morgan fingerprint density at radius 2 is 2.20 bits per heavy atom. The van der Waals surface area contributed by atoms with E-state index < -0.39 is 0 Å². The van der Waals surface area contributed by atoms with Crippen molar-refractivity contribution in [2.75, 3.05) is 11.9 Å². The third-order valence-electron chi connectivity index (χ3n) is 3.41. The lowest BCUT2D eigenvalue weighted by atomic mass is 10.2. The van der Waals surface area contributed by atoms with Crippen LogP contribution >= 0.6 is 0 Å². The zero-order valence-corrected chi connectivity index (χ0v) is 11.5. The summed E-state index contributed by atoms with van der Waals surface area (Å²) < 4.78 is 0. The van der Waals surface area contributed by atoms with Crippen LogP contribution in [0, 0.1) is 24.2 Å². The van der Waals surface area contributed by atoms with Gasteiger partial charge in [0.15, 0.2) is 0 Å². The standard InChI is InChI=1S/C16H18N2O2/c1-3-12-5-4-6-13(10-12)18-15(19)7-8-17-16(20)14-9-11(14)2/h1,4-6,10-11,14H,7-9H2,2H3,(H,17,20)(H,18,19). The van der Waals surface area contributed by atoms with Gasteiger partial charge in [0.1, 0.15) is 0 Å². The molecule has 1 aliphatic carbocycles. The van der Waals surface area contributed by atoms with Gasteiger partial charge in [-0.2, -0.15) is 0 Å². The Balaban J connectivity index is 1.72. The molecule has 2 atom stereocenters. The molecule has 2 unspecified atom stereocenters. The fraction of sp³-hybridized carbons (Fsp3) is 0.375. The van der Waals surface area contributed by atoms with Gasteiger partial charge in [0, 0.05) is 30.1 Å². The molecule has 0 saturated heterocycles. The summed E-state index contributed by atoms with van der Waals surface area (Å²) in [7, 11) is 0. The number of nitrogens with one attached hydrogen (secondary N) is 2. The Hall–Kier alpha value is -2.28. The van der Waals surface area contributed by atoms with Crippen molar-refractivity contribution < 1.29 is 9.59 Å². The minimum Gasteiger partial charge on any atom is -0.355 e. The molecule has 1 aromatic carbocycles. The SMILES string of the molecule is C#Cc1cccc(NC(=O)CCNC(=O)C2CC2C)c1. The van der Waals surface area contributed by atoms with Crippen molar-refractivity contribution in [1.29, 1.82) is 0 Å². The first-order chi connectivity index (χ1) is 9.60. The maximum Gasteiger partial charge on any atom is 0.226 e. The molecule has 0 radical (unpaired) electrons. The van der Waals surface area contributed by atoms with Crippen molar-refractivity contribution in [1.82, 2.24) is 5.32 Å². The molecule has 2 rings (SSSR count). The van der Waals surface area contributed by atoms with Gasteiger partial charge >= 0.3 is 0 Å². The van der Waals surface area contributed by atoms with E-state index in [0.29, 0.717) is 18.2 Å². The second-order valence-corrected chi connectivity index (χ2v) is 5.13. The zero-order chi connectivity index (χ0) is 14.5. The van der Waals surface area contributed by atoms with Crippen molar-refractivity contribution in [2.45, 2.75) is 19.8 Å². The molecule has 0 heterocycles. The molecule has 2 N–H and O–H groups in total. The van der Waals surface area contributed by atoms with Crippen molar-refractivity contribution in [3.8, 4) is 12.3 Å². The van der Waals surface area contributed by atoms with E-state index in [0.717, 1.165) is 12.0 Å². The van der Waals surface area contributed by atoms with E-state index >= 15 is 0 Å². The first kappa shape index (κ1) is 14.1. The number of anilines is 1. The van der Waals surface area contributed by atoms with E-state index in [1.807, 2.05) is 0 Å². The molecule has 4 heteroatoms. The highest BCUT2D eigenvalue weighted by Crippen LogP contribution is 2.37. The van der Waals surface area contributed by atoms with Crippen LogP contribution in [0.4, 0.5) is 5.69 Å². The molecule has 1 aromatic rings. The fourth-order valence-corrected chi connectivity index (χ4v) is 2.03. The van der Waals surface area contributed by atoms with E-state index in [4.69, 9.17) is 6.42 Å². The van der Waals surface area contributed by atoms with Gasteiger partial charge in [-0.15, -0.1) is 6.42 Å². The lowest BCUT2D eigenvalue weighted by molar-refractivity contribution is -0.122. The van der Waals surface area contributed by atoms with Gasteiger partial charge in [-0.1, -0.05) is 18.9 Å². The average molecular weight is 270 g/mol. The maximum absolute atomic E-state index is 11.7. The molecule has 1 fully saturated rings. The van der Waals surface area contributed by atoms with E-state index in [2.05, 4.69) is 23.5 Å². The minimum atomic E-state index is -0.136. The Morgan fingerprint density at radius 3 is 2.85 bits per heavy atom. The summed E-state index contributed by atoms with van der Waals surface area (Å²) in [6.07, 6.45) is 6.51. The molecular weight excluding hydrogens is 252 g/mol. The first-order valence-corrected chi connectivity index (χ1v) is 6.74. The number of carbonyl (C=O) groups is 2. The highest BCUT2D eigenvalue weighted by molar-refractivity contribution is 5.91. The van der Waals surface area contributed by atoms with Crippen molar-refractivity contribution >= 4 is 17.5 Å². The number of rotatable bonds is 5. The van der Waals surface area contributed by atoms with Crippen LogP contribution < -0.4 is 10.6 Å². The number of terminal acetylenes is 1. The van der Waals surface area contributed by atoms with Gasteiger partial charge in [0.05, 0.1) is 0 Å². The van der Waals surface area contributed by atoms with Crippen molar-refractivity contribution in [2.24, 2.45) is 11.8 Å². The smallest absolute Gasteiger partial charge is 0.226 e. The zero-order valence-electron chi connectivity index (χ0n) is 11.5. The van der Waals surface area contributed by atoms with Gasteiger partial charge in [0.2, 0.25) is 11.8 Å². The summed E-state index contributed by atoms with van der Waals surface area (Å²) in [4.78, 5) is 23.3. The number of amides is 2. The largest absolute Gasteiger partial charge is 0.355 e. The van der Waals surface area contributed by atoms with Gasteiger partial charge < -0.3 is 10.6 Å². The van der Waals surface area contributed by atoms with E-state index in [1.165, 1.54) is 0 Å². The molecule has 20 heavy (non-hydrogen) atoms. The maximum atomic E-state index is 11.7. The van der Waals surface area contributed by atoms with Crippen molar-refractivity contribution in [3.63, 3.8) is 0 Å². The highest BCUT2D eigenvalue weighted by atomic mass is 16.2. The van der Waals surface area contributed by atoms with Gasteiger partial charge in [0.25, 0.3) is 0 Å². The Kier molecular flexibility index (Phi) is 4.41. The number of hydrogen-bond donors (Lipinski definition) is 2. The third-order valence-corrected chi connectivity index (χ3v) is 3.41. The highest BCUT2D eigenvalue weighted by Gasteiger charge is 2.38. The van der Waals surface area contributed by atoms with E-state index in [9.17, 15) is 9.59 Å². The molecule has 2 amide bonds. The van der Waals surface area contributed by atoms with Crippen LogP contribution in [0.2, 0.25) is 0 Å². The Labute approximate surface area is 118 Å². The summed E-state index contributed by atoms with van der Waals surface area (Å²) in [6, 6.07) is 7.11. The monoisotopic (exact) mass is 270 g/mol. The van der Waals surface area contributed by atoms with E-state index in [1.54, 1.807) is 24.3 Å². The quantitative estimate of drug-likeness (QED) is 0.801. The topological polar surface area (TPSA) is 58.2 Å². The van der Waals surface area contributed by atoms with Gasteiger partial charge in [-0.05, 0) is 30.5 Å². The number of benzene rings is 1. The minimum absolute atomic E-state index is 0.0552. The number of carbonyl (C=O) groups excluding carboxylic acids is 2. The van der Waals surface area contributed by atoms with Crippen molar-refractivity contribution in [3.05, 3.63) is 29.8 Å². The Morgan fingerprint density at radius 1 is 1.45 bits per heavy atom. The summed E-state index contributed by atoms with van der Waals surface area (Å²) in [5, 5.41) is 5.54. The molecular formula is C16H18N2O2. The average Bonchev–Trinajstić information content (AvgIpc) is 3.16. The van der Waals surface area contributed by atoms with Crippen LogP contribution in [0.25, 0.3) is 0 Å². The van der Waals surface area contributed by atoms with Crippen LogP contribution in [-0.2, 0) is 9.59 Å². The number of hydrogen-bond acceptors (Lipinski definition) is 2. The first-order valence-electron chi connectivity index (χ1n) is 6.74. The van der Waals surface area contributed by atoms with Gasteiger partial charge in [-0.3, -0.25) is 9.59 Å². The molecule has 0 aromatic heterocycles. The summed E-state index contributed by atoms with van der Waals surface area (Å²) in [5.41, 5.74) is 1.39. The molecule has 104 valence electrons. The molecule has 0 aliphatic heterocycles. The third kappa shape index (κ3) is 3.86. The van der Waals surface area contributed by atoms with Crippen LogP contribution in [0.15, 0.2) is 24.3 Å².